The quantitative estimate of drug-likeness (QED) is 0.572. The first-order valence-electron chi connectivity index (χ1n) is 4.27. The highest BCUT2D eigenvalue weighted by atomic mass is 15.2. The second-order valence-electron chi connectivity index (χ2n) is 3.83. The Morgan fingerprint density at radius 1 is 1.30 bits per heavy atom. The van der Waals surface area contributed by atoms with Gasteiger partial charge in [-0.2, -0.15) is 0 Å². The summed E-state index contributed by atoms with van der Waals surface area (Å²) in [5, 5.41) is 0. The lowest BCUT2D eigenvalue weighted by atomic mass is 10.1. The van der Waals surface area contributed by atoms with E-state index in [1.165, 1.54) is 19.4 Å². The Morgan fingerprint density at radius 3 is 2.40 bits per heavy atom. The topological polar surface area (TPSA) is 29.3 Å². The highest BCUT2D eigenvalue weighted by Gasteiger charge is 2.36. The fourth-order valence-corrected chi connectivity index (χ4v) is 1.77. The molecule has 10 heavy (non-hydrogen) atoms. The van der Waals surface area contributed by atoms with E-state index in [2.05, 4.69) is 11.8 Å². The summed E-state index contributed by atoms with van der Waals surface area (Å²) in [6.45, 7) is 4.64. The summed E-state index contributed by atoms with van der Waals surface area (Å²) in [5.74, 6) is 0.723. The Bertz CT molecular complexity index is 121. The van der Waals surface area contributed by atoms with Crippen LogP contribution in [0.15, 0.2) is 0 Å². The van der Waals surface area contributed by atoms with Gasteiger partial charge in [-0.3, -0.25) is 4.90 Å². The lowest BCUT2D eigenvalue weighted by Gasteiger charge is -2.12. The van der Waals surface area contributed by atoms with Gasteiger partial charge in [0, 0.05) is 25.2 Å². The molecule has 0 bridgehead atoms. The molecule has 0 aromatic rings. The van der Waals surface area contributed by atoms with Gasteiger partial charge in [0.1, 0.15) is 0 Å². The van der Waals surface area contributed by atoms with E-state index in [1.54, 1.807) is 0 Å². The molecule has 1 aliphatic heterocycles. The monoisotopic (exact) mass is 140 g/mol. The molecule has 1 aliphatic carbocycles. The van der Waals surface area contributed by atoms with Crippen LogP contribution in [0.3, 0.4) is 0 Å². The molecule has 2 fully saturated rings. The molecule has 0 radical (unpaired) electrons. The molecule has 2 N–H and O–H groups in total. The minimum atomic E-state index is 0.445. The molecule has 1 saturated heterocycles. The van der Waals surface area contributed by atoms with Crippen molar-refractivity contribution in [1.29, 1.82) is 0 Å². The van der Waals surface area contributed by atoms with Crippen LogP contribution < -0.4 is 5.73 Å². The van der Waals surface area contributed by atoms with Gasteiger partial charge in [-0.15, -0.1) is 0 Å². The molecule has 0 unspecified atom stereocenters. The van der Waals surface area contributed by atoms with Crippen molar-refractivity contribution in [2.75, 3.05) is 13.1 Å². The van der Waals surface area contributed by atoms with Crippen LogP contribution in [-0.2, 0) is 0 Å². The summed E-state index contributed by atoms with van der Waals surface area (Å²) < 4.78 is 0. The molecular weight excluding hydrogens is 124 g/mol. The Kier molecular flexibility index (Phi) is 1.46. The van der Waals surface area contributed by atoms with Gasteiger partial charge in [-0.1, -0.05) is 6.92 Å². The minimum absolute atomic E-state index is 0.445. The van der Waals surface area contributed by atoms with Gasteiger partial charge in [0.2, 0.25) is 0 Å². The average molecular weight is 140 g/mol. The fraction of sp³-hybridized carbons (Fsp3) is 1.00. The molecule has 0 spiro atoms. The van der Waals surface area contributed by atoms with E-state index >= 15 is 0 Å². The maximum atomic E-state index is 5.89. The molecule has 1 heterocycles. The van der Waals surface area contributed by atoms with Gasteiger partial charge in [-0.05, 0) is 18.8 Å². The first-order chi connectivity index (χ1) is 4.77. The Balaban J connectivity index is 1.90. The molecule has 0 aromatic carbocycles. The summed E-state index contributed by atoms with van der Waals surface area (Å²) in [6.07, 6.45) is 2.83. The van der Waals surface area contributed by atoms with Crippen LogP contribution in [0.1, 0.15) is 19.8 Å². The summed E-state index contributed by atoms with van der Waals surface area (Å²) >= 11 is 0. The van der Waals surface area contributed by atoms with Crippen molar-refractivity contribution in [3.05, 3.63) is 0 Å². The van der Waals surface area contributed by atoms with Crippen LogP contribution in [0.4, 0.5) is 0 Å². The molecule has 1 saturated carbocycles. The largest absolute Gasteiger partial charge is 0.326 e. The average Bonchev–Trinajstić information content (AvgIpc) is 2.64. The Labute approximate surface area is 62.4 Å². The summed E-state index contributed by atoms with van der Waals surface area (Å²) in [7, 11) is 0. The van der Waals surface area contributed by atoms with Gasteiger partial charge in [0.05, 0.1) is 0 Å². The molecule has 2 nitrogen and oxygen atoms in total. The number of nitrogens with zero attached hydrogens (tertiary/aromatic N) is 1. The van der Waals surface area contributed by atoms with Crippen molar-refractivity contribution in [2.24, 2.45) is 11.7 Å². The third kappa shape index (κ3) is 1.06. The van der Waals surface area contributed by atoms with Crippen molar-refractivity contribution in [3.8, 4) is 0 Å². The Morgan fingerprint density at radius 2 is 2.00 bits per heavy atom. The van der Waals surface area contributed by atoms with Gasteiger partial charge in [0.15, 0.2) is 0 Å². The van der Waals surface area contributed by atoms with Crippen LogP contribution in [0, 0.1) is 5.92 Å². The van der Waals surface area contributed by atoms with E-state index in [0.29, 0.717) is 6.04 Å². The predicted molar refractivity (Wildman–Crippen MR) is 41.7 cm³/mol. The van der Waals surface area contributed by atoms with Crippen molar-refractivity contribution in [1.82, 2.24) is 4.90 Å². The molecule has 2 rings (SSSR count). The van der Waals surface area contributed by atoms with Crippen molar-refractivity contribution >= 4 is 0 Å². The lowest BCUT2D eigenvalue weighted by Crippen LogP contribution is -2.29. The summed E-state index contributed by atoms with van der Waals surface area (Å²) in [5.41, 5.74) is 5.89. The van der Waals surface area contributed by atoms with Gasteiger partial charge >= 0.3 is 0 Å². The SMILES string of the molecule is C[C@@H]1CN(C2CC2)C[C@@H]1N. The van der Waals surface area contributed by atoms with E-state index < -0.39 is 0 Å². The second kappa shape index (κ2) is 2.21. The zero-order chi connectivity index (χ0) is 7.14. The van der Waals surface area contributed by atoms with Gasteiger partial charge in [-0.25, -0.2) is 0 Å². The number of hydrogen-bond acceptors (Lipinski definition) is 2. The van der Waals surface area contributed by atoms with Crippen LogP contribution in [0.2, 0.25) is 0 Å². The highest BCUT2D eigenvalue weighted by molar-refractivity contribution is 4.93. The summed E-state index contributed by atoms with van der Waals surface area (Å²) in [4.78, 5) is 2.55. The zero-order valence-corrected chi connectivity index (χ0v) is 6.59. The van der Waals surface area contributed by atoms with Gasteiger partial charge < -0.3 is 5.73 Å². The van der Waals surface area contributed by atoms with Gasteiger partial charge in [0.25, 0.3) is 0 Å². The molecule has 2 atom stereocenters. The molecule has 0 amide bonds. The van der Waals surface area contributed by atoms with Crippen LogP contribution >= 0.6 is 0 Å². The molecule has 2 aliphatic rings. The van der Waals surface area contributed by atoms with E-state index in [9.17, 15) is 0 Å². The number of rotatable bonds is 1. The molecule has 2 heteroatoms. The number of nitrogens with two attached hydrogens (primary N) is 1. The normalized spacial score (nSPS) is 42.6. The number of hydrogen-bond donors (Lipinski definition) is 1. The van der Waals surface area contributed by atoms with E-state index in [-0.39, 0.29) is 0 Å². The summed E-state index contributed by atoms with van der Waals surface area (Å²) in [6, 6.07) is 1.36. The zero-order valence-electron chi connectivity index (χ0n) is 6.59. The molecule has 58 valence electrons. The number of likely N-dealkylation sites (tertiary alicyclic amines) is 1. The minimum Gasteiger partial charge on any atom is -0.326 e. The second-order valence-corrected chi connectivity index (χ2v) is 3.83. The third-order valence-electron chi connectivity index (χ3n) is 2.76. The first-order valence-corrected chi connectivity index (χ1v) is 4.27. The van der Waals surface area contributed by atoms with Crippen molar-refractivity contribution < 1.29 is 0 Å². The van der Waals surface area contributed by atoms with E-state index in [1.807, 2.05) is 0 Å². The fourth-order valence-electron chi connectivity index (χ4n) is 1.77. The Hall–Kier alpha value is -0.0800. The smallest absolute Gasteiger partial charge is 0.0206 e. The molecule has 0 aromatic heterocycles. The molecular formula is C8H16N2. The predicted octanol–water partition coefficient (Wildman–Crippen LogP) is 0.428. The van der Waals surface area contributed by atoms with Crippen LogP contribution in [0.25, 0.3) is 0 Å². The lowest BCUT2D eigenvalue weighted by molar-refractivity contribution is 0.316. The van der Waals surface area contributed by atoms with Crippen molar-refractivity contribution in [3.63, 3.8) is 0 Å². The van der Waals surface area contributed by atoms with Crippen LogP contribution in [-0.4, -0.2) is 30.1 Å². The van der Waals surface area contributed by atoms with E-state index in [0.717, 1.165) is 18.5 Å². The maximum Gasteiger partial charge on any atom is 0.0206 e. The van der Waals surface area contributed by atoms with Crippen LogP contribution in [0.5, 0.6) is 0 Å². The van der Waals surface area contributed by atoms with E-state index in [4.69, 9.17) is 5.73 Å². The van der Waals surface area contributed by atoms with Crippen molar-refractivity contribution in [2.45, 2.75) is 31.8 Å². The highest BCUT2D eigenvalue weighted by Crippen LogP contribution is 2.30. The standard InChI is InChI=1S/C8H16N2/c1-6-4-10(5-8(6)9)7-2-3-7/h6-8H,2-5,9H2,1H3/t6-,8+/m1/s1. The third-order valence-corrected chi connectivity index (χ3v) is 2.76. The first kappa shape index (κ1) is 6.62. The maximum absolute atomic E-state index is 5.89.